The van der Waals surface area contributed by atoms with Gasteiger partial charge in [-0.3, -0.25) is 4.79 Å². The lowest BCUT2D eigenvalue weighted by Gasteiger charge is -2.43. The number of ether oxygens (including phenoxy) is 6. The lowest BCUT2D eigenvalue weighted by atomic mass is 9.96. The highest BCUT2D eigenvalue weighted by atomic mass is 16.6. The van der Waals surface area contributed by atoms with E-state index in [4.69, 9.17) is 28.4 Å². The Hall–Kier alpha value is -4.27. The number of allylic oxidation sites excluding steroid dienone is 1. The highest BCUT2D eigenvalue weighted by molar-refractivity contribution is 5.67. The molecule has 4 atom stereocenters. The molecule has 1 aliphatic rings. The van der Waals surface area contributed by atoms with E-state index in [1.165, 1.54) is 6.92 Å². The molecule has 0 aliphatic carbocycles. The third-order valence-electron chi connectivity index (χ3n) is 7.41. The van der Waals surface area contributed by atoms with Gasteiger partial charge in [0.25, 0.3) is 0 Å². The highest BCUT2D eigenvalue weighted by Crippen LogP contribution is 2.35. The van der Waals surface area contributed by atoms with Crippen LogP contribution in [0.3, 0.4) is 0 Å². The van der Waals surface area contributed by atoms with Crippen molar-refractivity contribution in [2.24, 2.45) is 0 Å². The van der Waals surface area contributed by atoms with Crippen molar-refractivity contribution in [3.05, 3.63) is 155 Å². The van der Waals surface area contributed by atoms with Gasteiger partial charge in [-0.05, 0) is 29.2 Å². The topological polar surface area (TPSA) is 72.5 Å². The van der Waals surface area contributed by atoms with Crippen LogP contribution in [-0.4, -0.2) is 37.0 Å². The van der Waals surface area contributed by atoms with E-state index in [9.17, 15) is 4.79 Å². The molecule has 0 bridgehead atoms. The van der Waals surface area contributed by atoms with Gasteiger partial charge in [-0.2, -0.15) is 0 Å². The fourth-order valence-electron chi connectivity index (χ4n) is 5.22. The summed E-state index contributed by atoms with van der Waals surface area (Å²) in [4.78, 5) is 12.1. The fraction of sp³-hybridized carbons (Fsp3) is 0.289. The van der Waals surface area contributed by atoms with E-state index in [1.54, 1.807) is 6.92 Å². The first kappa shape index (κ1) is 32.1. The Morgan fingerprint density at radius 3 is 1.47 bits per heavy atom. The van der Waals surface area contributed by atoms with E-state index in [2.05, 4.69) is 0 Å². The van der Waals surface area contributed by atoms with Gasteiger partial charge < -0.3 is 28.4 Å². The Bertz CT molecular complexity index is 1480. The standard InChI is InChI=1S/C38H40O7/c1-28(44-29(2)39)35-37(42-25-32-19-11-5-12-20-32)38(43-26-33-21-13-6-14-22-33)36(41-24-31-17-9-4-10-18-31)34(45-35)27-40-23-30-15-7-3-8-16-30/h3-22,34,36-38H,23-27H2,1-2H3/b35-28-/t34-,36-,37+,38+/m1/s1. The molecule has 5 rings (SSSR count). The first-order valence-electron chi connectivity index (χ1n) is 15.2. The maximum Gasteiger partial charge on any atom is 0.307 e. The van der Waals surface area contributed by atoms with Crippen LogP contribution in [0.1, 0.15) is 36.1 Å². The van der Waals surface area contributed by atoms with E-state index >= 15 is 0 Å². The summed E-state index contributed by atoms with van der Waals surface area (Å²) in [5.74, 6) is 0.238. The van der Waals surface area contributed by atoms with Crippen LogP contribution in [0.5, 0.6) is 0 Å². The molecule has 0 aromatic heterocycles. The van der Waals surface area contributed by atoms with Gasteiger partial charge in [-0.25, -0.2) is 0 Å². The van der Waals surface area contributed by atoms with Crippen LogP contribution in [0.2, 0.25) is 0 Å². The quantitative estimate of drug-likeness (QED) is 0.111. The minimum Gasteiger partial charge on any atom is -0.483 e. The molecule has 0 spiro atoms. The van der Waals surface area contributed by atoms with E-state index in [0.717, 1.165) is 22.3 Å². The SMILES string of the molecule is CC(=O)O/C(C)=C1\O[C@H](COCc2ccccc2)[C@@H](OCc2ccccc2)[C@H](OCc2ccccc2)[C@H]1OCc1ccccc1. The third-order valence-corrected chi connectivity index (χ3v) is 7.41. The van der Waals surface area contributed by atoms with Crippen molar-refractivity contribution >= 4 is 5.97 Å². The fourth-order valence-corrected chi connectivity index (χ4v) is 5.22. The smallest absolute Gasteiger partial charge is 0.307 e. The summed E-state index contributed by atoms with van der Waals surface area (Å²) in [5.41, 5.74) is 4.05. The Labute approximate surface area is 265 Å². The summed E-state index contributed by atoms with van der Waals surface area (Å²) in [5, 5.41) is 0. The first-order valence-corrected chi connectivity index (χ1v) is 15.2. The van der Waals surface area contributed by atoms with Crippen molar-refractivity contribution in [3.63, 3.8) is 0 Å². The summed E-state index contributed by atoms with van der Waals surface area (Å²) in [6.45, 7) is 4.62. The molecule has 7 nitrogen and oxygen atoms in total. The molecule has 0 unspecified atom stereocenters. The summed E-state index contributed by atoms with van der Waals surface area (Å²) < 4.78 is 38.3. The van der Waals surface area contributed by atoms with Crippen LogP contribution < -0.4 is 0 Å². The van der Waals surface area contributed by atoms with Gasteiger partial charge in [0.2, 0.25) is 0 Å². The van der Waals surface area contributed by atoms with Crippen LogP contribution in [0.15, 0.2) is 133 Å². The normalized spacial score (nSPS) is 20.7. The summed E-state index contributed by atoms with van der Waals surface area (Å²) in [6.07, 6.45) is -2.54. The van der Waals surface area contributed by atoms with Gasteiger partial charge in [-0.1, -0.05) is 121 Å². The number of benzene rings is 4. The monoisotopic (exact) mass is 608 g/mol. The predicted molar refractivity (Wildman–Crippen MR) is 170 cm³/mol. The first-order chi connectivity index (χ1) is 22.1. The van der Waals surface area contributed by atoms with Crippen molar-refractivity contribution < 1.29 is 33.2 Å². The van der Waals surface area contributed by atoms with Crippen LogP contribution in [0, 0.1) is 0 Å². The average Bonchev–Trinajstić information content (AvgIpc) is 3.07. The Kier molecular flexibility index (Phi) is 11.9. The van der Waals surface area contributed by atoms with Crippen molar-refractivity contribution in [1.29, 1.82) is 0 Å². The number of rotatable bonds is 14. The molecule has 7 heteroatoms. The second-order valence-corrected chi connectivity index (χ2v) is 10.9. The number of carbonyl (C=O) groups excluding carboxylic acids is 1. The second-order valence-electron chi connectivity index (χ2n) is 10.9. The zero-order valence-electron chi connectivity index (χ0n) is 25.7. The third kappa shape index (κ3) is 9.61. The van der Waals surface area contributed by atoms with Crippen LogP contribution in [-0.2, 0) is 59.6 Å². The van der Waals surface area contributed by atoms with Gasteiger partial charge in [0.05, 0.1) is 33.0 Å². The maximum absolute atomic E-state index is 12.1. The van der Waals surface area contributed by atoms with Crippen molar-refractivity contribution in [2.75, 3.05) is 6.61 Å². The lowest BCUT2D eigenvalue weighted by Crippen LogP contribution is -2.56. The molecule has 4 aromatic carbocycles. The second kappa shape index (κ2) is 16.7. The number of hydrogen-bond donors (Lipinski definition) is 0. The minimum atomic E-state index is -0.737. The van der Waals surface area contributed by atoms with Crippen molar-refractivity contribution in [1.82, 2.24) is 0 Å². The Morgan fingerprint density at radius 1 is 0.578 bits per heavy atom. The molecule has 0 amide bonds. The average molecular weight is 609 g/mol. The summed E-state index contributed by atoms with van der Waals surface area (Å²) in [6, 6.07) is 39.8. The van der Waals surface area contributed by atoms with E-state index in [0.29, 0.717) is 31.3 Å². The van der Waals surface area contributed by atoms with Gasteiger partial charge in [0.1, 0.15) is 24.1 Å². The Balaban J connectivity index is 1.48. The van der Waals surface area contributed by atoms with Gasteiger partial charge >= 0.3 is 5.97 Å². The minimum absolute atomic E-state index is 0.210. The van der Waals surface area contributed by atoms with Gasteiger partial charge in [0, 0.05) is 6.92 Å². The molecule has 1 fully saturated rings. The molecule has 1 aliphatic heterocycles. The molecule has 45 heavy (non-hydrogen) atoms. The molecule has 1 heterocycles. The van der Waals surface area contributed by atoms with Crippen LogP contribution in [0.4, 0.5) is 0 Å². The molecule has 0 radical (unpaired) electrons. The zero-order valence-corrected chi connectivity index (χ0v) is 25.7. The van der Waals surface area contributed by atoms with Crippen LogP contribution in [0.25, 0.3) is 0 Å². The largest absolute Gasteiger partial charge is 0.483 e. The molecule has 1 saturated heterocycles. The maximum atomic E-state index is 12.1. The summed E-state index contributed by atoms with van der Waals surface area (Å²) in [7, 11) is 0. The van der Waals surface area contributed by atoms with Gasteiger partial charge in [-0.15, -0.1) is 0 Å². The van der Waals surface area contributed by atoms with Crippen molar-refractivity contribution in [2.45, 2.75) is 64.7 Å². The lowest BCUT2D eigenvalue weighted by molar-refractivity contribution is -0.225. The van der Waals surface area contributed by atoms with E-state index in [1.807, 2.05) is 121 Å². The van der Waals surface area contributed by atoms with E-state index in [-0.39, 0.29) is 13.2 Å². The number of esters is 1. The molecule has 234 valence electrons. The highest BCUT2D eigenvalue weighted by Gasteiger charge is 2.48. The number of carbonyl (C=O) groups is 1. The van der Waals surface area contributed by atoms with Gasteiger partial charge in [0.15, 0.2) is 11.9 Å². The van der Waals surface area contributed by atoms with E-state index < -0.39 is 30.4 Å². The van der Waals surface area contributed by atoms with Crippen LogP contribution >= 0.6 is 0 Å². The Morgan fingerprint density at radius 2 is 1.00 bits per heavy atom. The molecule has 0 N–H and O–H groups in total. The molecule has 4 aromatic rings. The predicted octanol–water partition coefficient (Wildman–Crippen LogP) is 7.15. The zero-order chi connectivity index (χ0) is 31.3. The molecular formula is C38H40O7. The summed E-state index contributed by atoms with van der Waals surface area (Å²) >= 11 is 0. The number of hydrogen-bond acceptors (Lipinski definition) is 7. The van der Waals surface area contributed by atoms with Crippen molar-refractivity contribution in [3.8, 4) is 0 Å². The molecular weight excluding hydrogens is 568 g/mol. The molecule has 0 saturated carbocycles.